The van der Waals surface area contributed by atoms with E-state index in [0.29, 0.717) is 17.1 Å². The maximum Gasteiger partial charge on any atom is 0.331 e. The molecule has 7 nitrogen and oxygen atoms in total. The summed E-state index contributed by atoms with van der Waals surface area (Å²) in [4.78, 5) is 32.3. The third-order valence-corrected chi connectivity index (χ3v) is 3.56. The highest BCUT2D eigenvalue weighted by Crippen LogP contribution is 2.16. The first-order chi connectivity index (χ1) is 13.1. The number of nitrogens with one attached hydrogen (secondary N) is 1. The molecule has 1 amide bonds. The highest BCUT2D eigenvalue weighted by Gasteiger charge is 2.06. The first kappa shape index (κ1) is 18.1. The lowest BCUT2D eigenvalue weighted by Gasteiger charge is -2.07. The van der Waals surface area contributed by atoms with Crippen LogP contribution in [0.2, 0.25) is 0 Å². The van der Waals surface area contributed by atoms with Crippen LogP contribution in [0.25, 0.3) is 17.1 Å². The van der Waals surface area contributed by atoms with Crippen LogP contribution in [0.15, 0.2) is 60.8 Å². The predicted octanol–water partition coefficient (Wildman–Crippen LogP) is 2.83. The third-order valence-electron chi connectivity index (χ3n) is 3.56. The van der Waals surface area contributed by atoms with E-state index in [0.717, 1.165) is 11.0 Å². The first-order valence-electron chi connectivity index (χ1n) is 8.14. The number of ether oxygens (including phenoxy) is 2. The number of methoxy groups -OCH3 is 1. The second kappa shape index (κ2) is 8.57. The molecule has 3 aromatic rings. The summed E-state index contributed by atoms with van der Waals surface area (Å²) in [6, 6.07) is 14.3. The Morgan fingerprint density at radius 1 is 1.11 bits per heavy atom. The molecule has 0 radical (unpaired) electrons. The smallest absolute Gasteiger partial charge is 0.331 e. The fourth-order valence-electron chi connectivity index (χ4n) is 2.29. The SMILES string of the molecule is COc1cccc(NC(=O)COC(=O)/C=C/c2cnc3ccccc3n2)c1. The van der Waals surface area contributed by atoms with E-state index in [2.05, 4.69) is 15.3 Å². The fourth-order valence-corrected chi connectivity index (χ4v) is 2.29. The van der Waals surface area contributed by atoms with Gasteiger partial charge in [0.15, 0.2) is 6.61 Å². The summed E-state index contributed by atoms with van der Waals surface area (Å²) < 4.78 is 10.0. The molecule has 1 heterocycles. The van der Waals surface area contributed by atoms with E-state index in [9.17, 15) is 9.59 Å². The van der Waals surface area contributed by atoms with Crippen molar-refractivity contribution in [1.82, 2.24) is 9.97 Å². The number of hydrogen-bond donors (Lipinski definition) is 1. The van der Waals surface area contributed by atoms with Gasteiger partial charge in [-0.3, -0.25) is 9.78 Å². The van der Waals surface area contributed by atoms with Crippen LogP contribution < -0.4 is 10.1 Å². The zero-order valence-electron chi connectivity index (χ0n) is 14.6. The van der Waals surface area contributed by atoms with Gasteiger partial charge in [-0.25, -0.2) is 9.78 Å². The highest BCUT2D eigenvalue weighted by molar-refractivity contribution is 5.94. The number of fused-ring (bicyclic) bond motifs is 1. The molecule has 0 unspecified atom stereocenters. The summed E-state index contributed by atoms with van der Waals surface area (Å²) in [5.41, 5.74) is 2.57. The molecule has 27 heavy (non-hydrogen) atoms. The van der Waals surface area contributed by atoms with Crippen LogP contribution in [-0.2, 0) is 14.3 Å². The van der Waals surface area contributed by atoms with Crippen molar-refractivity contribution in [2.75, 3.05) is 19.0 Å². The number of amides is 1. The third kappa shape index (κ3) is 5.12. The van der Waals surface area contributed by atoms with Crippen molar-refractivity contribution in [3.8, 4) is 5.75 Å². The lowest BCUT2D eigenvalue weighted by molar-refractivity contribution is -0.142. The van der Waals surface area contributed by atoms with Crippen molar-refractivity contribution in [2.24, 2.45) is 0 Å². The van der Waals surface area contributed by atoms with E-state index in [1.807, 2.05) is 24.3 Å². The molecule has 0 saturated carbocycles. The molecule has 136 valence electrons. The molecule has 0 fully saturated rings. The van der Waals surface area contributed by atoms with Crippen molar-refractivity contribution in [2.45, 2.75) is 0 Å². The zero-order chi connectivity index (χ0) is 19.1. The Bertz CT molecular complexity index is 1000. The number of carbonyl (C=O) groups is 2. The van der Waals surface area contributed by atoms with E-state index in [1.54, 1.807) is 30.5 Å². The Hall–Kier alpha value is -3.74. The number of para-hydroxylation sites is 2. The van der Waals surface area contributed by atoms with Crippen molar-refractivity contribution < 1.29 is 19.1 Å². The molecule has 2 aromatic carbocycles. The number of anilines is 1. The van der Waals surface area contributed by atoms with Gasteiger partial charge in [0.2, 0.25) is 0 Å². The maximum absolute atomic E-state index is 11.9. The molecule has 0 saturated heterocycles. The number of aromatic nitrogens is 2. The Labute approximate surface area is 155 Å². The summed E-state index contributed by atoms with van der Waals surface area (Å²) in [5.74, 6) is -0.481. The van der Waals surface area contributed by atoms with Crippen LogP contribution >= 0.6 is 0 Å². The van der Waals surface area contributed by atoms with Gasteiger partial charge in [-0.15, -0.1) is 0 Å². The van der Waals surface area contributed by atoms with Crippen LogP contribution in [-0.4, -0.2) is 35.6 Å². The van der Waals surface area contributed by atoms with Gasteiger partial charge < -0.3 is 14.8 Å². The fraction of sp³-hybridized carbons (Fsp3) is 0.100. The van der Waals surface area contributed by atoms with Gasteiger partial charge in [0.1, 0.15) is 5.75 Å². The highest BCUT2D eigenvalue weighted by atomic mass is 16.5. The Morgan fingerprint density at radius 3 is 2.74 bits per heavy atom. The van der Waals surface area contributed by atoms with Crippen LogP contribution in [0.3, 0.4) is 0 Å². The van der Waals surface area contributed by atoms with Crippen LogP contribution in [0, 0.1) is 0 Å². The van der Waals surface area contributed by atoms with Gasteiger partial charge in [-0.05, 0) is 30.3 Å². The van der Waals surface area contributed by atoms with E-state index >= 15 is 0 Å². The van der Waals surface area contributed by atoms with Gasteiger partial charge in [0, 0.05) is 17.8 Å². The van der Waals surface area contributed by atoms with Gasteiger partial charge >= 0.3 is 5.97 Å². The average molecular weight is 363 g/mol. The van der Waals surface area contributed by atoms with E-state index in [1.165, 1.54) is 19.3 Å². The molecular weight excluding hydrogens is 346 g/mol. The quantitative estimate of drug-likeness (QED) is 0.535. The van der Waals surface area contributed by atoms with Crippen LogP contribution in [0.1, 0.15) is 5.69 Å². The molecule has 0 aliphatic heterocycles. The zero-order valence-corrected chi connectivity index (χ0v) is 14.6. The van der Waals surface area contributed by atoms with Gasteiger partial charge in [-0.2, -0.15) is 0 Å². The number of carbonyl (C=O) groups excluding carboxylic acids is 2. The second-order valence-corrected chi connectivity index (χ2v) is 5.50. The number of benzene rings is 2. The largest absolute Gasteiger partial charge is 0.497 e. The Kier molecular flexibility index (Phi) is 5.73. The lowest BCUT2D eigenvalue weighted by atomic mass is 10.3. The van der Waals surface area contributed by atoms with Crippen molar-refractivity contribution in [3.63, 3.8) is 0 Å². The minimum Gasteiger partial charge on any atom is -0.497 e. The standard InChI is InChI=1S/C20H17N3O4/c1-26-16-6-4-5-14(11-16)23-19(24)13-27-20(25)10-9-15-12-21-17-7-2-3-8-18(17)22-15/h2-12H,13H2,1H3,(H,23,24)/b10-9+. The second-order valence-electron chi connectivity index (χ2n) is 5.50. The summed E-state index contributed by atoms with van der Waals surface area (Å²) in [5, 5.41) is 2.62. The minimum absolute atomic E-state index is 0.399. The predicted molar refractivity (Wildman–Crippen MR) is 101 cm³/mol. The topological polar surface area (TPSA) is 90.4 Å². The Balaban J connectivity index is 1.52. The number of esters is 1. The molecule has 7 heteroatoms. The molecule has 0 aliphatic rings. The Morgan fingerprint density at radius 2 is 1.93 bits per heavy atom. The monoisotopic (exact) mass is 363 g/mol. The van der Waals surface area contributed by atoms with Crippen molar-refractivity contribution >= 4 is 34.7 Å². The first-order valence-corrected chi connectivity index (χ1v) is 8.14. The normalized spacial score (nSPS) is 10.7. The van der Waals surface area contributed by atoms with E-state index in [4.69, 9.17) is 9.47 Å². The molecule has 3 rings (SSSR count). The van der Waals surface area contributed by atoms with Crippen LogP contribution in [0.5, 0.6) is 5.75 Å². The molecule has 0 atom stereocenters. The molecule has 1 aromatic heterocycles. The van der Waals surface area contributed by atoms with Crippen molar-refractivity contribution in [3.05, 3.63) is 66.5 Å². The summed E-state index contributed by atoms with van der Waals surface area (Å²) in [6.45, 7) is -0.399. The lowest BCUT2D eigenvalue weighted by Crippen LogP contribution is -2.20. The molecule has 0 bridgehead atoms. The van der Waals surface area contributed by atoms with Gasteiger partial charge in [0.05, 0.1) is 30.0 Å². The number of nitrogens with zero attached hydrogens (tertiary/aromatic N) is 2. The summed E-state index contributed by atoms with van der Waals surface area (Å²) in [7, 11) is 1.54. The van der Waals surface area contributed by atoms with E-state index < -0.39 is 18.5 Å². The molecule has 0 spiro atoms. The summed E-state index contributed by atoms with van der Waals surface area (Å²) in [6.07, 6.45) is 4.25. The summed E-state index contributed by atoms with van der Waals surface area (Å²) >= 11 is 0. The molecular formula is C20H17N3O4. The van der Waals surface area contributed by atoms with Crippen LogP contribution in [0.4, 0.5) is 5.69 Å². The average Bonchev–Trinajstić information content (AvgIpc) is 2.70. The van der Waals surface area contributed by atoms with Gasteiger partial charge in [-0.1, -0.05) is 18.2 Å². The van der Waals surface area contributed by atoms with E-state index in [-0.39, 0.29) is 0 Å². The maximum atomic E-state index is 11.9. The number of hydrogen-bond acceptors (Lipinski definition) is 6. The number of rotatable bonds is 6. The van der Waals surface area contributed by atoms with Gasteiger partial charge in [0.25, 0.3) is 5.91 Å². The minimum atomic E-state index is -0.647. The molecule has 1 N–H and O–H groups in total. The molecule has 0 aliphatic carbocycles. The van der Waals surface area contributed by atoms with Crippen molar-refractivity contribution in [1.29, 1.82) is 0 Å².